The smallest absolute Gasteiger partial charge is 0.318 e. The highest BCUT2D eigenvalue weighted by molar-refractivity contribution is 7.99. The molecular formula is C22H16N2O5S. The molecule has 0 aliphatic heterocycles. The van der Waals surface area contributed by atoms with Gasteiger partial charge in [-0.3, -0.25) is 14.9 Å². The normalized spacial score (nSPS) is 11.0. The fraction of sp³-hybridized carbons (Fsp3) is 0.0455. The number of ketones is 1. The third-order valence-electron chi connectivity index (χ3n) is 3.93. The highest BCUT2D eigenvalue weighted by Gasteiger charge is 2.19. The van der Waals surface area contributed by atoms with Crippen molar-refractivity contribution in [1.29, 1.82) is 0 Å². The molecule has 0 unspecified atom stereocenters. The number of oxime groups is 1. The topological polar surface area (TPSA) is 98.9 Å². The van der Waals surface area contributed by atoms with Crippen molar-refractivity contribution in [2.75, 3.05) is 0 Å². The van der Waals surface area contributed by atoms with E-state index in [1.165, 1.54) is 24.3 Å². The van der Waals surface area contributed by atoms with E-state index in [9.17, 15) is 19.7 Å². The standard InChI is InChI=1S/C22H16N2O5S/c1-15(25)29-23-21(16-7-11-18(12-8-16)24(27)28)22(26)17-9-13-20(14-10-17)30-19-5-3-2-4-6-19/h2-14H,1H3. The van der Waals surface area contributed by atoms with Crippen molar-refractivity contribution in [1.82, 2.24) is 0 Å². The minimum absolute atomic E-state index is 0.122. The van der Waals surface area contributed by atoms with Crippen molar-refractivity contribution in [2.24, 2.45) is 5.16 Å². The fourth-order valence-corrected chi connectivity index (χ4v) is 3.35. The lowest BCUT2D eigenvalue weighted by Crippen LogP contribution is -2.17. The first-order valence-corrected chi connectivity index (χ1v) is 9.64. The second kappa shape index (κ2) is 9.62. The Balaban J connectivity index is 1.86. The Kier molecular flexibility index (Phi) is 6.71. The van der Waals surface area contributed by atoms with Crippen LogP contribution in [0.4, 0.5) is 5.69 Å². The largest absolute Gasteiger partial charge is 0.332 e. The van der Waals surface area contributed by atoms with Crippen LogP contribution in [0.5, 0.6) is 0 Å². The van der Waals surface area contributed by atoms with E-state index in [1.807, 2.05) is 42.5 Å². The van der Waals surface area contributed by atoms with Crippen molar-refractivity contribution >= 4 is 34.9 Å². The summed E-state index contributed by atoms with van der Waals surface area (Å²) in [5.41, 5.74) is 0.398. The lowest BCUT2D eigenvalue weighted by atomic mass is 10.0. The number of carbonyl (C=O) groups is 2. The first-order chi connectivity index (χ1) is 14.4. The Morgan fingerprint density at radius 3 is 2.00 bits per heavy atom. The van der Waals surface area contributed by atoms with E-state index in [0.717, 1.165) is 16.7 Å². The predicted molar refractivity (Wildman–Crippen MR) is 113 cm³/mol. The second-order valence-corrected chi connectivity index (χ2v) is 7.24. The van der Waals surface area contributed by atoms with E-state index in [0.29, 0.717) is 11.1 Å². The molecule has 30 heavy (non-hydrogen) atoms. The van der Waals surface area contributed by atoms with Crippen LogP contribution < -0.4 is 0 Å². The van der Waals surface area contributed by atoms with Gasteiger partial charge < -0.3 is 4.84 Å². The summed E-state index contributed by atoms with van der Waals surface area (Å²) in [5, 5.41) is 14.5. The van der Waals surface area contributed by atoms with Gasteiger partial charge in [-0.15, -0.1) is 0 Å². The number of nitro benzene ring substituents is 1. The Morgan fingerprint density at radius 1 is 0.867 bits per heavy atom. The Labute approximate surface area is 176 Å². The van der Waals surface area contributed by atoms with Crippen molar-refractivity contribution in [3.63, 3.8) is 0 Å². The molecule has 0 aliphatic carbocycles. The van der Waals surface area contributed by atoms with E-state index in [4.69, 9.17) is 0 Å². The van der Waals surface area contributed by atoms with Gasteiger partial charge in [0, 0.05) is 40.0 Å². The van der Waals surface area contributed by atoms with E-state index >= 15 is 0 Å². The molecule has 0 aliphatic rings. The Bertz CT molecular complexity index is 1090. The summed E-state index contributed by atoms with van der Waals surface area (Å²) < 4.78 is 0. The summed E-state index contributed by atoms with van der Waals surface area (Å²) in [5.74, 6) is -1.15. The van der Waals surface area contributed by atoms with Gasteiger partial charge >= 0.3 is 5.97 Å². The first-order valence-electron chi connectivity index (χ1n) is 8.82. The molecule has 0 saturated heterocycles. The number of nitro groups is 1. The molecule has 0 atom stereocenters. The molecule has 7 nitrogen and oxygen atoms in total. The average molecular weight is 420 g/mol. The number of carbonyl (C=O) groups excluding carboxylic acids is 2. The molecule has 150 valence electrons. The van der Waals surface area contributed by atoms with Gasteiger partial charge in [0.25, 0.3) is 5.69 Å². The quantitative estimate of drug-likeness (QED) is 0.177. The molecule has 3 aromatic rings. The maximum absolute atomic E-state index is 13.0. The molecule has 0 amide bonds. The second-order valence-electron chi connectivity index (χ2n) is 6.10. The monoisotopic (exact) mass is 420 g/mol. The van der Waals surface area contributed by atoms with Crippen molar-refractivity contribution < 1.29 is 19.3 Å². The Hall–Kier alpha value is -3.78. The summed E-state index contributed by atoms with van der Waals surface area (Å²) in [6.45, 7) is 1.16. The van der Waals surface area contributed by atoms with Crippen LogP contribution in [0.25, 0.3) is 0 Å². The maximum Gasteiger partial charge on any atom is 0.332 e. The first kappa shape index (κ1) is 20.9. The minimum Gasteiger partial charge on any atom is -0.318 e. The summed E-state index contributed by atoms with van der Waals surface area (Å²) in [6.07, 6.45) is 0. The van der Waals surface area contributed by atoms with Crippen molar-refractivity contribution in [3.8, 4) is 0 Å². The van der Waals surface area contributed by atoms with Gasteiger partial charge in [-0.25, -0.2) is 4.79 Å². The molecule has 3 rings (SSSR count). The number of hydrogen-bond donors (Lipinski definition) is 0. The lowest BCUT2D eigenvalue weighted by molar-refractivity contribution is -0.384. The van der Waals surface area contributed by atoms with Crippen LogP contribution in [-0.2, 0) is 9.63 Å². The van der Waals surface area contributed by atoms with Crippen LogP contribution in [0.2, 0.25) is 0 Å². The van der Waals surface area contributed by atoms with Crippen LogP contribution >= 0.6 is 11.8 Å². The molecular weight excluding hydrogens is 404 g/mol. The summed E-state index contributed by atoms with van der Waals surface area (Å²) in [7, 11) is 0. The molecule has 0 heterocycles. The maximum atomic E-state index is 13.0. The van der Waals surface area contributed by atoms with Crippen molar-refractivity contribution in [3.05, 3.63) is 100 Å². The molecule has 0 fully saturated rings. The summed E-state index contributed by atoms with van der Waals surface area (Å²) >= 11 is 1.56. The summed E-state index contributed by atoms with van der Waals surface area (Å²) in [4.78, 5) is 41.2. The highest BCUT2D eigenvalue weighted by Crippen LogP contribution is 2.27. The van der Waals surface area contributed by atoms with Crippen LogP contribution in [-0.4, -0.2) is 22.4 Å². The molecule has 3 aromatic carbocycles. The SMILES string of the molecule is CC(=O)ON=C(C(=O)c1ccc(Sc2ccccc2)cc1)c1ccc([N+](=O)[O-])cc1. The van der Waals surface area contributed by atoms with Crippen molar-refractivity contribution in [2.45, 2.75) is 16.7 Å². The minimum atomic E-state index is -0.683. The molecule has 0 bridgehead atoms. The van der Waals surface area contributed by atoms with E-state index in [2.05, 4.69) is 9.99 Å². The Morgan fingerprint density at radius 2 is 1.43 bits per heavy atom. The number of benzene rings is 3. The van der Waals surface area contributed by atoms with Crippen LogP contribution in [0.15, 0.2) is 93.8 Å². The van der Waals surface area contributed by atoms with Gasteiger partial charge in [0.1, 0.15) is 0 Å². The number of hydrogen-bond acceptors (Lipinski definition) is 7. The summed E-state index contributed by atoms with van der Waals surface area (Å²) in [6, 6.07) is 22.0. The molecule has 0 saturated carbocycles. The predicted octanol–water partition coefficient (Wildman–Crippen LogP) is 4.90. The van der Waals surface area contributed by atoms with Gasteiger partial charge in [-0.1, -0.05) is 35.1 Å². The fourth-order valence-electron chi connectivity index (χ4n) is 2.51. The zero-order chi connectivity index (χ0) is 21.5. The van der Waals surface area contributed by atoms with E-state index < -0.39 is 16.7 Å². The van der Waals surface area contributed by atoms with Gasteiger partial charge in [0.05, 0.1) is 4.92 Å². The number of rotatable bonds is 7. The molecule has 0 aromatic heterocycles. The molecule has 0 N–H and O–H groups in total. The molecule has 8 heteroatoms. The highest BCUT2D eigenvalue weighted by atomic mass is 32.2. The van der Waals surface area contributed by atoms with Crippen LogP contribution in [0.1, 0.15) is 22.8 Å². The number of nitrogens with zero attached hydrogens (tertiary/aromatic N) is 2. The number of Topliss-reactive ketones (excluding diaryl/α,β-unsaturated/α-hetero) is 1. The van der Waals surface area contributed by atoms with E-state index in [-0.39, 0.29) is 11.4 Å². The van der Waals surface area contributed by atoms with Crippen LogP contribution in [0.3, 0.4) is 0 Å². The van der Waals surface area contributed by atoms with Gasteiger partial charge in [-0.2, -0.15) is 0 Å². The van der Waals surface area contributed by atoms with E-state index in [1.54, 1.807) is 23.9 Å². The third kappa shape index (κ3) is 5.39. The third-order valence-corrected chi connectivity index (χ3v) is 4.94. The molecule has 0 radical (unpaired) electrons. The van der Waals surface area contributed by atoms with Gasteiger partial charge in [0.15, 0.2) is 5.71 Å². The zero-order valence-electron chi connectivity index (χ0n) is 15.8. The zero-order valence-corrected chi connectivity index (χ0v) is 16.7. The average Bonchev–Trinajstić information content (AvgIpc) is 2.75. The number of non-ortho nitro benzene ring substituents is 1. The lowest BCUT2D eigenvalue weighted by Gasteiger charge is -2.07. The van der Waals surface area contributed by atoms with Gasteiger partial charge in [0.2, 0.25) is 5.78 Å². The van der Waals surface area contributed by atoms with Gasteiger partial charge in [-0.05, 0) is 48.5 Å². The van der Waals surface area contributed by atoms with Crippen LogP contribution in [0, 0.1) is 10.1 Å². The molecule has 0 spiro atoms.